The first-order valence-corrected chi connectivity index (χ1v) is 10.2. The van der Waals surface area contributed by atoms with Crippen LogP contribution in [-0.4, -0.2) is 48.8 Å². The van der Waals surface area contributed by atoms with E-state index in [0.717, 1.165) is 23.7 Å². The molecule has 0 spiro atoms. The number of hydrogen-bond donors (Lipinski definition) is 0. The predicted molar refractivity (Wildman–Crippen MR) is 110 cm³/mol. The van der Waals surface area contributed by atoms with Gasteiger partial charge in [0.05, 0.1) is 10.2 Å². The van der Waals surface area contributed by atoms with E-state index in [1.54, 1.807) is 29.5 Å². The second-order valence-electron chi connectivity index (χ2n) is 7.27. The molecule has 3 heterocycles. The zero-order valence-electron chi connectivity index (χ0n) is 15.9. The third-order valence-electron chi connectivity index (χ3n) is 5.27. The number of amides is 1. The maximum absolute atomic E-state index is 12.9. The first-order valence-electron chi connectivity index (χ1n) is 9.40. The van der Waals surface area contributed by atoms with E-state index in [1.807, 2.05) is 4.90 Å². The summed E-state index contributed by atoms with van der Waals surface area (Å²) in [6.07, 6.45) is 0. The average molecular weight is 395 g/mol. The second kappa shape index (κ2) is 6.67. The monoisotopic (exact) mass is 395 g/mol. The predicted octanol–water partition coefficient (Wildman–Crippen LogP) is 3.60. The fourth-order valence-corrected chi connectivity index (χ4v) is 4.88. The highest BCUT2D eigenvalue weighted by molar-refractivity contribution is 7.22. The molecule has 0 N–H and O–H groups in total. The van der Waals surface area contributed by atoms with Crippen LogP contribution < -0.4 is 14.4 Å². The standard InChI is InChI=1S/C21H21N3O3S/c1-13-9-14(2)19-16(10-13)22-21(28-19)24-7-5-23(6-8-24)20(25)15-3-4-17-18(11-15)27-12-26-17/h3-4,9-11H,5-8,12H2,1-2H3. The van der Waals surface area contributed by atoms with Gasteiger partial charge in [0.1, 0.15) is 0 Å². The minimum Gasteiger partial charge on any atom is -0.454 e. The van der Waals surface area contributed by atoms with Crippen molar-refractivity contribution in [2.24, 2.45) is 0 Å². The summed E-state index contributed by atoms with van der Waals surface area (Å²) < 4.78 is 12.0. The van der Waals surface area contributed by atoms with Crippen molar-refractivity contribution in [3.63, 3.8) is 0 Å². The number of aryl methyl sites for hydroxylation is 2. The van der Waals surface area contributed by atoms with Gasteiger partial charge >= 0.3 is 0 Å². The average Bonchev–Trinajstić information content (AvgIpc) is 3.33. The molecule has 5 rings (SSSR count). The molecule has 28 heavy (non-hydrogen) atoms. The van der Waals surface area contributed by atoms with Crippen LogP contribution in [0.15, 0.2) is 30.3 Å². The van der Waals surface area contributed by atoms with E-state index in [-0.39, 0.29) is 12.7 Å². The first kappa shape index (κ1) is 17.3. The number of carbonyl (C=O) groups excluding carboxylic acids is 1. The van der Waals surface area contributed by atoms with Gasteiger partial charge in [-0.05, 0) is 49.2 Å². The Morgan fingerprint density at radius 1 is 1.04 bits per heavy atom. The molecule has 0 radical (unpaired) electrons. The van der Waals surface area contributed by atoms with Gasteiger partial charge in [0.25, 0.3) is 5.91 Å². The lowest BCUT2D eigenvalue weighted by molar-refractivity contribution is 0.0746. The van der Waals surface area contributed by atoms with Crippen molar-refractivity contribution >= 4 is 32.6 Å². The van der Waals surface area contributed by atoms with Gasteiger partial charge in [0.15, 0.2) is 16.6 Å². The normalized spacial score (nSPS) is 16.1. The summed E-state index contributed by atoms with van der Waals surface area (Å²) in [5, 5.41) is 1.04. The number of fused-ring (bicyclic) bond motifs is 2. The van der Waals surface area contributed by atoms with Crippen molar-refractivity contribution in [1.29, 1.82) is 0 Å². The number of piperazine rings is 1. The molecule has 1 aromatic heterocycles. The largest absolute Gasteiger partial charge is 0.454 e. The lowest BCUT2D eigenvalue weighted by Gasteiger charge is -2.34. The Hall–Kier alpha value is -2.80. The van der Waals surface area contributed by atoms with E-state index in [1.165, 1.54) is 15.8 Å². The van der Waals surface area contributed by atoms with Gasteiger partial charge in [-0.25, -0.2) is 4.98 Å². The van der Waals surface area contributed by atoms with Gasteiger partial charge in [-0.1, -0.05) is 17.4 Å². The maximum atomic E-state index is 12.9. The molecule has 7 heteroatoms. The number of rotatable bonds is 2. The van der Waals surface area contributed by atoms with E-state index in [9.17, 15) is 4.79 Å². The van der Waals surface area contributed by atoms with Crippen molar-refractivity contribution in [3.05, 3.63) is 47.0 Å². The molecule has 1 saturated heterocycles. The highest BCUT2D eigenvalue weighted by atomic mass is 32.1. The van der Waals surface area contributed by atoms with E-state index in [0.29, 0.717) is 30.2 Å². The quantitative estimate of drug-likeness (QED) is 0.664. The van der Waals surface area contributed by atoms with Crippen molar-refractivity contribution in [3.8, 4) is 11.5 Å². The first-order chi connectivity index (χ1) is 13.6. The number of nitrogens with zero attached hydrogens (tertiary/aromatic N) is 3. The molecule has 0 atom stereocenters. The molecule has 0 aliphatic carbocycles. The number of benzene rings is 2. The van der Waals surface area contributed by atoms with Crippen LogP contribution >= 0.6 is 11.3 Å². The number of ether oxygens (including phenoxy) is 2. The van der Waals surface area contributed by atoms with Crippen molar-refractivity contribution < 1.29 is 14.3 Å². The minimum atomic E-state index is 0.0359. The molecule has 0 bridgehead atoms. The Bertz CT molecular complexity index is 1070. The zero-order valence-corrected chi connectivity index (χ0v) is 16.7. The molecule has 1 amide bonds. The van der Waals surface area contributed by atoms with Crippen LogP contribution in [0.1, 0.15) is 21.5 Å². The lowest BCUT2D eigenvalue weighted by Crippen LogP contribution is -2.48. The summed E-state index contributed by atoms with van der Waals surface area (Å²) in [4.78, 5) is 21.9. The number of thiazole rings is 1. The van der Waals surface area contributed by atoms with Crippen LogP contribution in [0.5, 0.6) is 11.5 Å². The molecule has 6 nitrogen and oxygen atoms in total. The van der Waals surface area contributed by atoms with Crippen molar-refractivity contribution in [2.75, 3.05) is 37.9 Å². The van der Waals surface area contributed by atoms with E-state index < -0.39 is 0 Å². The summed E-state index contributed by atoms with van der Waals surface area (Å²) >= 11 is 1.74. The minimum absolute atomic E-state index is 0.0359. The molecule has 2 aromatic carbocycles. The second-order valence-corrected chi connectivity index (χ2v) is 8.25. The van der Waals surface area contributed by atoms with E-state index in [4.69, 9.17) is 14.5 Å². The topological polar surface area (TPSA) is 54.9 Å². The number of hydrogen-bond acceptors (Lipinski definition) is 6. The highest BCUT2D eigenvalue weighted by Crippen LogP contribution is 2.34. The van der Waals surface area contributed by atoms with Crippen molar-refractivity contribution in [2.45, 2.75) is 13.8 Å². The van der Waals surface area contributed by atoms with Crippen LogP contribution in [0, 0.1) is 13.8 Å². The number of anilines is 1. The number of carbonyl (C=O) groups is 1. The van der Waals surface area contributed by atoms with E-state index >= 15 is 0 Å². The Morgan fingerprint density at radius 3 is 2.64 bits per heavy atom. The van der Waals surface area contributed by atoms with Gasteiger partial charge in [-0.15, -0.1) is 0 Å². The Balaban J connectivity index is 1.30. The zero-order chi connectivity index (χ0) is 19.3. The smallest absolute Gasteiger partial charge is 0.254 e. The summed E-state index contributed by atoms with van der Waals surface area (Å²) in [5.74, 6) is 1.38. The van der Waals surface area contributed by atoms with E-state index in [2.05, 4.69) is 30.9 Å². The van der Waals surface area contributed by atoms with Gasteiger partial charge in [-0.2, -0.15) is 0 Å². The maximum Gasteiger partial charge on any atom is 0.254 e. The molecule has 3 aromatic rings. The molecule has 144 valence electrons. The van der Waals surface area contributed by atoms with Gasteiger partial charge in [0.2, 0.25) is 6.79 Å². The molecular weight excluding hydrogens is 374 g/mol. The fraction of sp³-hybridized carbons (Fsp3) is 0.333. The summed E-state index contributed by atoms with van der Waals surface area (Å²) in [6, 6.07) is 9.72. The highest BCUT2D eigenvalue weighted by Gasteiger charge is 2.25. The van der Waals surface area contributed by atoms with Gasteiger partial charge in [0, 0.05) is 31.7 Å². The third-order valence-corrected chi connectivity index (χ3v) is 6.53. The SMILES string of the molecule is Cc1cc(C)c2sc(N3CCN(C(=O)c4ccc5c(c4)OCO5)CC3)nc2c1. The Kier molecular flexibility index (Phi) is 4.12. The van der Waals surface area contributed by atoms with Crippen LogP contribution in [0.25, 0.3) is 10.2 Å². The summed E-state index contributed by atoms with van der Waals surface area (Å²) in [7, 11) is 0. The molecular formula is C21H21N3O3S. The molecule has 0 saturated carbocycles. The van der Waals surface area contributed by atoms with Crippen LogP contribution in [0.2, 0.25) is 0 Å². The fourth-order valence-electron chi connectivity index (χ4n) is 3.81. The van der Waals surface area contributed by atoms with Crippen LogP contribution in [0.4, 0.5) is 5.13 Å². The van der Waals surface area contributed by atoms with Crippen molar-refractivity contribution in [1.82, 2.24) is 9.88 Å². The molecule has 1 fully saturated rings. The van der Waals surface area contributed by atoms with Crippen LogP contribution in [-0.2, 0) is 0 Å². The van der Waals surface area contributed by atoms with Gasteiger partial charge < -0.3 is 19.3 Å². The Morgan fingerprint density at radius 2 is 1.82 bits per heavy atom. The molecule has 0 unspecified atom stereocenters. The van der Waals surface area contributed by atoms with Crippen LogP contribution in [0.3, 0.4) is 0 Å². The molecule has 2 aliphatic rings. The Labute approximate surface area is 167 Å². The summed E-state index contributed by atoms with van der Waals surface area (Å²) in [6.45, 7) is 7.39. The van der Waals surface area contributed by atoms with Gasteiger partial charge in [-0.3, -0.25) is 4.79 Å². The third kappa shape index (κ3) is 2.96. The lowest BCUT2D eigenvalue weighted by atomic mass is 10.1. The number of aromatic nitrogens is 1. The molecule has 2 aliphatic heterocycles. The summed E-state index contributed by atoms with van der Waals surface area (Å²) in [5.41, 5.74) is 4.22.